The molecule has 0 aromatic heterocycles. The second-order valence-electron chi connectivity index (χ2n) is 5.99. The van der Waals surface area contributed by atoms with Crippen LogP contribution in [-0.4, -0.2) is 35.5 Å². The summed E-state index contributed by atoms with van der Waals surface area (Å²) in [6.07, 6.45) is 8.36. The van der Waals surface area contributed by atoms with Gasteiger partial charge in [0.25, 0.3) is 5.69 Å². The van der Waals surface area contributed by atoms with Crippen molar-refractivity contribution in [1.29, 1.82) is 0 Å². The average molecular weight is 478 g/mol. The lowest BCUT2D eigenvalue weighted by Gasteiger charge is -2.25. The Bertz CT molecular complexity index is 548. The van der Waals surface area contributed by atoms with E-state index in [-0.39, 0.29) is 34.6 Å². The molecule has 0 spiro atoms. The van der Waals surface area contributed by atoms with Gasteiger partial charge in [-0.05, 0) is 24.7 Å². The smallest absolute Gasteiger partial charge is 0.269 e. The Kier molecular flexibility index (Phi) is 10.9. The molecule has 1 aromatic carbocycles. The number of hydrogen-bond donors (Lipinski definition) is 2. The number of halogens is 1. The van der Waals surface area contributed by atoms with E-state index in [1.165, 1.54) is 44.2 Å². The summed E-state index contributed by atoms with van der Waals surface area (Å²) in [5.74, 6) is 1.87. The van der Waals surface area contributed by atoms with E-state index in [1.807, 2.05) is 0 Å². The number of nitro groups is 1. The fourth-order valence-electron chi connectivity index (χ4n) is 2.76. The SMILES string of the molecule is CSCCNC(=NCc1ccc([N+](=O)[O-])cc1)NC1CCCCC1.I. The molecular weight excluding hydrogens is 451 g/mol. The number of hydrogen-bond acceptors (Lipinski definition) is 4. The molecule has 0 radical (unpaired) electrons. The Morgan fingerprint density at radius 2 is 1.96 bits per heavy atom. The maximum Gasteiger partial charge on any atom is 0.269 e. The normalized spacial score (nSPS) is 15.3. The van der Waals surface area contributed by atoms with E-state index in [4.69, 9.17) is 0 Å². The van der Waals surface area contributed by atoms with Gasteiger partial charge in [-0.15, -0.1) is 24.0 Å². The van der Waals surface area contributed by atoms with E-state index in [9.17, 15) is 10.1 Å². The zero-order valence-electron chi connectivity index (χ0n) is 14.6. The van der Waals surface area contributed by atoms with Crippen LogP contribution in [-0.2, 0) is 6.54 Å². The highest BCUT2D eigenvalue weighted by Gasteiger charge is 2.14. The number of non-ortho nitro benzene ring substituents is 1. The Morgan fingerprint density at radius 3 is 2.56 bits per heavy atom. The summed E-state index contributed by atoms with van der Waals surface area (Å²) in [6.45, 7) is 1.39. The maximum absolute atomic E-state index is 10.7. The molecule has 0 saturated heterocycles. The van der Waals surface area contributed by atoms with Crippen molar-refractivity contribution >= 4 is 47.4 Å². The lowest BCUT2D eigenvalue weighted by atomic mass is 9.96. The molecule has 2 rings (SSSR count). The van der Waals surface area contributed by atoms with Gasteiger partial charge in [-0.3, -0.25) is 10.1 Å². The van der Waals surface area contributed by atoms with Crippen molar-refractivity contribution in [1.82, 2.24) is 10.6 Å². The molecule has 1 fully saturated rings. The van der Waals surface area contributed by atoms with Crippen LogP contribution < -0.4 is 10.6 Å². The molecule has 0 bridgehead atoms. The molecule has 8 heteroatoms. The molecule has 140 valence electrons. The Labute approximate surface area is 170 Å². The number of aliphatic imine (C=N–C) groups is 1. The topological polar surface area (TPSA) is 79.6 Å². The number of nitrogens with one attached hydrogen (secondary N) is 2. The fraction of sp³-hybridized carbons (Fsp3) is 0.588. The van der Waals surface area contributed by atoms with E-state index in [0.29, 0.717) is 12.6 Å². The first kappa shape index (κ1) is 22.0. The molecule has 0 unspecified atom stereocenters. The van der Waals surface area contributed by atoms with Crippen LogP contribution in [0.4, 0.5) is 5.69 Å². The number of nitro benzene ring substituents is 1. The van der Waals surface area contributed by atoms with Crippen LogP contribution >= 0.6 is 35.7 Å². The molecule has 2 N–H and O–H groups in total. The molecule has 0 atom stereocenters. The van der Waals surface area contributed by atoms with Crippen LogP contribution in [0.25, 0.3) is 0 Å². The number of benzene rings is 1. The van der Waals surface area contributed by atoms with Gasteiger partial charge in [-0.1, -0.05) is 31.4 Å². The van der Waals surface area contributed by atoms with Crippen molar-refractivity contribution in [3.8, 4) is 0 Å². The van der Waals surface area contributed by atoms with Gasteiger partial charge in [0.05, 0.1) is 11.5 Å². The molecule has 1 aromatic rings. The summed E-state index contributed by atoms with van der Waals surface area (Å²) in [7, 11) is 0. The molecule has 0 aliphatic heterocycles. The van der Waals surface area contributed by atoms with Gasteiger partial charge in [-0.25, -0.2) is 4.99 Å². The van der Waals surface area contributed by atoms with E-state index >= 15 is 0 Å². The quantitative estimate of drug-likeness (QED) is 0.155. The third-order valence-electron chi connectivity index (χ3n) is 4.11. The maximum atomic E-state index is 10.7. The molecule has 1 saturated carbocycles. The van der Waals surface area contributed by atoms with Crippen LogP contribution in [0.15, 0.2) is 29.3 Å². The van der Waals surface area contributed by atoms with Gasteiger partial charge >= 0.3 is 0 Å². The first-order chi connectivity index (χ1) is 11.7. The summed E-state index contributed by atoms with van der Waals surface area (Å²) in [6, 6.07) is 7.08. The summed E-state index contributed by atoms with van der Waals surface area (Å²) in [4.78, 5) is 15.0. The lowest BCUT2D eigenvalue weighted by molar-refractivity contribution is -0.384. The first-order valence-corrected chi connectivity index (χ1v) is 9.85. The molecule has 0 heterocycles. The molecule has 1 aliphatic carbocycles. The number of thioether (sulfide) groups is 1. The van der Waals surface area contributed by atoms with Crippen molar-refractivity contribution < 1.29 is 4.92 Å². The summed E-state index contributed by atoms with van der Waals surface area (Å²) >= 11 is 1.80. The molecule has 1 aliphatic rings. The molecule has 6 nitrogen and oxygen atoms in total. The minimum absolute atomic E-state index is 0. The zero-order valence-corrected chi connectivity index (χ0v) is 17.7. The first-order valence-electron chi connectivity index (χ1n) is 8.46. The van der Waals surface area contributed by atoms with E-state index < -0.39 is 0 Å². The summed E-state index contributed by atoms with van der Waals surface area (Å²) < 4.78 is 0. The highest BCUT2D eigenvalue weighted by molar-refractivity contribution is 14.0. The van der Waals surface area contributed by atoms with Crippen LogP contribution in [0.2, 0.25) is 0 Å². The highest BCUT2D eigenvalue weighted by Crippen LogP contribution is 2.17. The van der Waals surface area contributed by atoms with Crippen molar-refractivity contribution in [3.05, 3.63) is 39.9 Å². The predicted molar refractivity (Wildman–Crippen MR) is 116 cm³/mol. The molecular formula is C17H27IN4O2S. The zero-order chi connectivity index (χ0) is 17.2. The monoisotopic (exact) mass is 478 g/mol. The highest BCUT2D eigenvalue weighted by atomic mass is 127. The van der Waals surface area contributed by atoms with Gasteiger partial charge in [0.15, 0.2) is 5.96 Å². The second kappa shape index (κ2) is 12.3. The minimum Gasteiger partial charge on any atom is -0.356 e. The fourth-order valence-corrected chi connectivity index (χ4v) is 3.06. The Morgan fingerprint density at radius 1 is 1.28 bits per heavy atom. The summed E-state index contributed by atoms with van der Waals surface area (Å²) in [5.41, 5.74) is 1.08. The van der Waals surface area contributed by atoms with E-state index in [0.717, 1.165) is 23.8 Å². The van der Waals surface area contributed by atoms with Gasteiger partial charge in [0, 0.05) is 30.5 Å². The Hall–Kier alpha value is -1.03. The van der Waals surface area contributed by atoms with E-state index in [2.05, 4.69) is 21.9 Å². The van der Waals surface area contributed by atoms with Crippen LogP contribution in [0.3, 0.4) is 0 Å². The largest absolute Gasteiger partial charge is 0.356 e. The average Bonchev–Trinajstić information content (AvgIpc) is 2.61. The second-order valence-corrected chi connectivity index (χ2v) is 6.97. The molecule has 0 amide bonds. The van der Waals surface area contributed by atoms with Crippen LogP contribution in [0.1, 0.15) is 37.7 Å². The number of guanidine groups is 1. The minimum atomic E-state index is -0.382. The van der Waals surface area contributed by atoms with Gasteiger partial charge < -0.3 is 10.6 Å². The van der Waals surface area contributed by atoms with Crippen LogP contribution in [0, 0.1) is 10.1 Å². The standard InChI is InChI=1S/C17H26N4O2S.HI/c1-24-12-11-18-17(20-15-5-3-2-4-6-15)19-13-14-7-9-16(10-8-14)21(22)23;/h7-10,15H,2-6,11-13H2,1H3,(H2,18,19,20);1H. The van der Waals surface area contributed by atoms with Crippen LogP contribution in [0.5, 0.6) is 0 Å². The number of nitrogens with zero attached hydrogens (tertiary/aromatic N) is 2. The van der Waals surface area contributed by atoms with Crippen molar-refractivity contribution in [2.24, 2.45) is 4.99 Å². The third-order valence-corrected chi connectivity index (χ3v) is 4.72. The van der Waals surface area contributed by atoms with Crippen molar-refractivity contribution in [2.45, 2.75) is 44.7 Å². The Balaban J connectivity index is 0.00000312. The lowest BCUT2D eigenvalue weighted by Crippen LogP contribution is -2.44. The predicted octanol–water partition coefficient (Wildman–Crippen LogP) is 3.94. The van der Waals surface area contributed by atoms with Gasteiger partial charge in [-0.2, -0.15) is 11.8 Å². The third kappa shape index (κ3) is 8.26. The van der Waals surface area contributed by atoms with E-state index in [1.54, 1.807) is 23.9 Å². The van der Waals surface area contributed by atoms with Gasteiger partial charge in [0.2, 0.25) is 0 Å². The van der Waals surface area contributed by atoms with Crippen molar-refractivity contribution in [2.75, 3.05) is 18.6 Å². The summed E-state index contributed by atoms with van der Waals surface area (Å²) in [5, 5.41) is 17.6. The van der Waals surface area contributed by atoms with Gasteiger partial charge in [0.1, 0.15) is 0 Å². The number of rotatable bonds is 7. The molecule has 25 heavy (non-hydrogen) atoms. The van der Waals surface area contributed by atoms with Crippen molar-refractivity contribution in [3.63, 3.8) is 0 Å².